The van der Waals surface area contributed by atoms with Crippen LogP contribution in [0.3, 0.4) is 0 Å². The Bertz CT molecular complexity index is 762. The van der Waals surface area contributed by atoms with Gasteiger partial charge in [-0.1, -0.05) is 32.9 Å². The Morgan fingerprint density at radius 3 is 2.71 bits per heavy atom. The lowest BCUT2D eigenvalue weighted by molar-refractivity contribution is -0.129. The van der Waals surface area contributed by atoms with E-state index in [0.29, 0.717) is 5.92 Å². The first-order valence-corrected chi connectivity index (χ1v) is 10.8. The summed E-state index contributed by atoms with van der Waals surface area (Å²) in [6, 6.07) is 8.28. The molecular formula is C22H31N3O2S. The van der Waals surface area contributed by atoms with Crippen LogP contribution in [0.2, 0.25) is 0 Å². The Balaban J connectivity index is 1.62. The second kappa shape index (κ2) is 9.05. The van der Waals surface area contributed by atoms with Gasteiger partial charge in [-0.15, -0.1) is 11.3 Å². The number of likely N-dealkylation sites (tertiary alicyclic amines) is 1. The van der Waals surface area contributed by atoms with Gasteiger partial charge >= 0.3 is 0 Å². The normalized spacial score (nSPS) is 17.3. The molecule has 1 fully saturated rings. The number of hydrogen-bond acceptors (Lipinski definition) is 5. The molecule has 5 nitrogen and oxygen atoms in total. The molecule has 28 heavy (non-hydrogen) atoms. The SMILES string of the molecule is COc1cccc(CN2CCC(C(NC(=O)C(C)(C)C)c3nccs3)CC2)c1. The fourth-order valence-electron chi connectivity index (χ4n) is 3.60. The number of methoxy groups -OCH3 is 1. The Labute approximate surface area is 172 Å². The van der Waals surface area contributed by atoms with Crippen LogP contribution in [0.15, 0.2) is 35.8 Å². The maximum Gasteiger partial charge on any atom is 0.225 e. The fraction of sp³-hybridized carbons (Fsp3) is 0.545. The number of rotatable bonds is 6. The van der Waals surface area contributed by atoms with Crippen LogP contribution in [-0.2, 0) is 11.3 Å². The number of piperidine rings is 1. The van der Waals surface area contributed by atoms with E-state index in [1.54, 1.807) is 18.4 Å². The van der Waals surface area contributed by atoms with Crippen molar-refractivity contribution in [3.63, 3.8) is 0 Å². The van der Waals surface area contributed by atoms with Gasteiger partial charge < -0.3 is 10.1 Å². The first-order valence-electron chi connectivity index (χ1n) is 9.92. The van der Waals surface area contributed by atoms with E-state index >= 15 is 0 Å². The minimum Gasteiger partial charge on any atom is -0.497 e. The van der Waals surface area contributed by atoms with Crippen LogP contribution in [0.1, 0.15) is 50.2 Å². The maximum atomic E-state index is 12.6. The van der Waals surface area contributed by atoms with Gasteiger partial charge in [-0.3, -0.25) is 9.69 Å². The van der Waals surface area contributed by atoms with Gasteiger partial charge in [0, 0.05) is 23.5 Å². The monoisotopic (exact) mass is 401 g/mol. The van der Waals surface area contributed by atoms with Crippen LogP contribution in [-0.4, -0.2) is 36.0 Å². The van der Waals surface area contributed by atoms with E-state index in [1.807, 2.05) is 44.5 Å². The topological polar surface area (TPSA) is 54.5 Å². The molecule has 1 aromatic carbocycles. The standard InChI is InChI=1S/C22H31N3O2S/c1-22(2,3)21(26)24-19(20-23-10-13-28-20)17-8-11-25(12-9-17)15-16-6-5-7-18(14-16)27-4/h5-7,10,13-14,17,19H,8-9,11-12,15H2,1-4H3,(H,24,26). The lowest BCUT2D eigenvalue weighted by Crippen LogP contribution is -2.43. The third-order valence-electron chi connectivity index (χ3n) is 5.33. The summed E-state index contributed by atoms with van der Waals surface area (Å²) in [5.74, 6) is 1.41. The number of hydrogen-bond donors (Lipinski definition) is 1. The minimum absolute atomic E-state index is 0.00527. The third kappa shape index (κ3) is 5.32. The molecule has 6 heteroatoms. The maximum absolute atomic E-state index is 12.6. The summed E-state index contributed by atoms with van der Waals surface area (Å²) in [4.78, 5) is 19.6. The van der Waals surface area contributed by atoms with Crippen LogP contribution >= 0.6 is 11.3 Å². The molecule has 3 rings (SSSR count). The predicted octanol–water partition coefficient (Wildman–Crippen LogP) is 4.27. The molecule has 0 radical (unpaired) electrons. The molecule has 2 aromatic rings. The summed E-state index contributed by atoms with van der Waals surface area (Å²) in [5, 5.41) is 6.29. The van der Waals surface area contributed by atoms with Crippen molar-refractivity contribution in [3.05, 3.63) is 46.4 Å². The molecule has 152 valence electrons. The highest BCUT2D eigenvalue weighted by Gasteiger charge is 2.33. The molecule has 1 amide bonds. The van der Waals surface area contributed by atoms with Crippen molar-refractivity contribution >= 4 is 17.2 Å². The molecule has 0 bridgehead atoms. The van der Waals surface area contributed by atoms with E-state index in [-0.39, 0.29) is 11.9 Å². The first kappa shape index (κ1) is 20.8. The average Bonchev–Trinajstić information content (AvgIpc) is 3.20. The number of carbonyl (C=O) groups is 1. The molecule has 1 aliphatic heterocycles. The molecule has 2 heterocycles. The quantitative estimate of drug-likeness (QED) is 0.785. The van der Waals surface area contributed by atoms with Gasteiger partial charge in [-0.25, -0.2) is 4.98 Å². The highest BCUT2D eigenvalue weighted by atomic mass is 32.1. The van der Waals surface area contributed by atoms with E-state index in [1.165, 1.54) is 5.56 Å². The first-order chi connectivity index (χ1) is 13.4. The van der Waals surface area contributed by atoms with E-state index in [9.17, 15) is 4.79 Å². The van der Waals surface area contributed by atoms with Gasteiger partial charge in [-0.05, 0) is 49.5 Å². The fourth-order valence-corrected chi connectivity index (χ4v) is 4.38. The van der Waals surface area contributed by atoms with E-state index < -0.39 is 5.41 Å². The number of amides is 1. The minimum atomic E-state index is -0.400. The molecule has 1 aromatic heterocycles. The number of carbonyl (C=O) groups excluding carboxylic acids is 1. The van der Waals surface area contributed by atoms with Gasteiger partial charge in [0.2, 0.25) is 5.91 Å². The smallest absolute Gasteiger partial charge is 0.225 e. The largest absolute Gasteiger partial charge is 0.497 e. The molecular weight excluding hydrogens is 370 g/mol. The van der Waals surface area contributed by atoms with Gasteiger partial charge in [-0.2, -0.15) is 0 Å². The summed E-state index contributed by atoms with van der Waals surface area (Å²) >= 11 is 1.63. The number of ether oxygens (including phenoxy) is 1. The second-order valence-electron chi connectivity index (χ2n) is 8.54. The predicted molar refractivity (Wildman–Crippen MR) is 113 cm³/mol. The number of benzene rings is 1. The Kier molecular flexibility index (Phi) is 6.73. The van der Waals surface area contributed by atoms with Crippen LogP contribution in [0.25, 0.3) is 0 Å². The Morgan fingerprint density at radius 2 is 2.11 bits per heavy atom. The van der Waals surface area contributed by atoms with Crippen molar-refractivity contribution in [2.24, 2.45) is 11.3 Å². The number of aromatic nitrogens is 1. The van der Waals surface area contributed by atoms with Gasteiger partial charge in [0.25, 0.3) is 0 Å². The Morgan fingerprint density at radius 1 is 1.36 bits per heavy atom. The number of thiazole rings is 1. The van der Waals surface area contributed by atoms with Crippen LogP contribution < -0.4 is 10.1 Å². The lowest BCUT2D eigenvalue weighted by atomic mass is 9.87. The summed E-state index contributed by atoms with van der Waals surface area (Å²) in [6.45, 7) is 8.85. The van der Waals surface area contributed by atoms with Crippen LogP contribution in [0, 0.1) is 11.3 Å². The van der Waals surface area contributed by atoms with E-state index in [2.05, 4.69) is 27.3 Å². The molecule has 1 saturated heterocycles. The third-order valence-corrected chi connectivity index (χ3v) is 6.19. The zero-order valence-corrected chi connectivity index (χ0v) is 18.1. The molecule has 1 aliphatic rings. The second-order valence-corrected chi connectivity index (χ2v) is 9.46. The Hall–Kier alpha value is -1.92. The summed E-state index contributed by atoms with van der Waals surface area (Å²) in [7, 11) is 1.70. The van der Waals surface area contributed by atoms with E-state index in [4.69, 9.17) is 4.74 Å². The van der Waals surface area contributed by atoms with Crippen LogP contribution in [0.5, 0.6) is 5.75 Å². The van der Waals surface area contributed by atoms with Gasteiger partial charge in [0.05, 0.1) is 13.2 Å². The zero-order chi connectivity index (χ0) is 20.1. The number of nitrogens with zero attached hydrogens (tertiary/aromatic N) is 2. The van der Waals surface area contributed by atoms with Crippen molar-refractivity contribution in [2.45, 2.75) is 46.2 Å². The van der Waals surface area contributed by atoms with Crippen molar-refractivity contribution in [1.82, 2.24) is 15.2 Å². The molecule has 1 unspecified atom stereocenters. The molecule has 0 saturated carbocycles. The van der Waals surface area contributed by atoms with E-state index in [0.717, 1.165) is 43.2 Å². The summed E-state index contributed by atoms with van der Waals surface area (Å²) < 4.78 is 5.33. The highest BCUT2D eigenvalue weighted by Crippen LogP contribution is 2.33. The summed E-state index contributed by atoms with van der Waals surface area (Å²) in [5.41, 5.74) is 0.873. The molecule has 0 aliphatic carbocycles. The zero-order valence-electron chi connectivity index (χ0n) is 17.3. The summed E-state index contributed by atoms with van der Waals surface area (Å²) in [6.07, 6.45) is 3.94. The molecule has 0 spiro atoms. The molecule has 1 atom stereocenters. The van der Waals surface area contributed by atoms with Crippen LogP contribution in [0.4, 0.5) is 0 Å². The lowest BCUT2D eigenvalue weighted by Gasteiger charge is -2.36. The van der Waals surface area contributed by atoms with Crippen molar-refractivity contribution in [2.75, 3.05) is 20.2 Å². The molecule has 1 N–H and O–H groups in total. The average molecular weight is 402 g/mol. The van der Waals surface area contributed by atoms with Gasteiger partial charge in [0.1, 0.15) is 10.8 Å². The van der Waals surface area contributed by atoms with Crippen molar-refractivity contribution < 1.29 is 9.53 Å². The van der Waals surface area contributed by atoms with Crippen molar-refractivity contribution in [3.8, 4) is 5.75 Å². The van der Waals surface area contributed by atoms with Crippen molar-refractivity contribution in [1.29, 1.82) is 0 Å². The van der Waals surface area contributed by atoms with Gasteiger partial charge in [0.15, 0.2) is 0 Å². The highest BCUT2D eigenvalue weighted by molar-refractivity contribution is 7.09. The number of nitrogens with one attached hydrogen (secondary N) is 1.